The average Bonchev–Trinajstić information content (AvgIpc) is 2.66. The highest BCUT2D eigenvalue weighted by molar-refractivity contribution is 7.19. The lowest BCUT2D eigenvalue weighted by molar-refractivity contribution is 1.48. The van der Waals surface area contributed by atoms with Crippen molar-refractivity contribution in [3.8, 4) is 6.07 Å². The van der Waals surface area contributed by atoms with E-state index in [4.69, 9.17) is 5.26 Å². The minimum absolute atomic E-state index is 0.825. The van der Waals surface area contributed by atoms with Crippen LogP contribution in [-0.2, 0) is 0 Å². The fourth-order valence-corrected chi connectivity index (χ4v) is 3.15. The van der Waals surface area contributed by atoms with Crippen LogP contribution >= 0.6 is 11.3 Å². The van der Waals surface area contributed by atoms with Crippen LogP contribution in [0.4, 0.5) is 0 Å². The minimum Gasteiger partial charge on any atom is -0.192 e. The lowest BCUT2D eigenvalue weighted by Gasteiger charge is -1.99. The van der Waals surface area contributed by atoms with Gasteiger partial charge in [0.1, 0.15) is 10.9 Å². The molecule has 16 heavy (non-hydrogen) atoms. The molecule has 0 spiro atoms. The van der Waals surface area contributed by atoms with Gasteiger partial charge in [0.05, 0.1) is 0 Å². The van der Waals surface area contributed by atoms with Crippen LogP contribution in [-0.4, -0.2) is 0 Å². The molecule has 0 saturated heterocycles. The molecular weight excluding hydrogens is 214 g/mol. The molecule has 3 rings (SSSR count). The predicted octanol–water partition coefficient (Wildman–Crippen LogP) is 4.23. The van der Waals surface area contributed by atoms with E-state index >= 15 is 0 Å². The van der Waals surface area contributed by atoms with E-state index in [1.807, 2.05) is 19.1 Å². The van der Waals surface area contributed by atoms with Gasteiger partial charge in [0.15, 0.2) is 0 Å². The third-order valence-corrected chi connectivity index (χ3v) is 4.08. The number of benzene rings is 2. The standard InChI is InChI=1S/C14H9NS/c1-9-13(8-15)16-12-7-6-10-4-2-3-5-11(10)14(9)12/h2-7H,1H3. The van der Waals surface area contributed by atoms with E-state index in [1.54, 1.807) is 11.3 Å². The van der Waals surface area contributed by atoms with Crippen molar-refractivity contribution in [2.75, 3.05) is 0 Å². The van der Waals surface area contributed by atoms with Crippen LogP contribution in [0.1, 0.15) is 10.4 Å². The maximum Gasteiger partial charge on any atom is 0.110 e. The van der Waals surface area contributed by atoms with Gasteiger partial charge in [0.2, 0.25) is 0 Å². The molecule has 0 aliphatic heterocycles. The van der Waals surface area contributed by atoms with Crippen LogP contribution in [0.5, 0.6) is 0 Å². The Balaban J connectivity index is 2.60. The zero-order chi connectivity index (χ0) is 11.1. The molecule has 3 aromatic rings. The molecule has 0 amide bonds. The van der Waals surface area contributed by atoms with Crippen LogP contribution < -0.4 is 0 Å². The Hall–Kier alpha value is -1.85. The van der Waals surface area contributed by atoms with E-state index in [2.05, 4.69) is 30.3 Å². The second-order valence-electron chi connectivity index (χ2n) is 3.83. The summed E-state index contributed by atoms with van der Waals surface area (Å²) < 4.78 is 1.20. The van der Waals surface area contributed by atoms with E-state index < -0.39 is 0 Å². The van der Waals surface area contributed by atoms with Gasteiger partial charge in [-0.05, 0) is 29.3 Å². The number of hydrogen-bond donors (Lipinski definition) is 0. The lowest BCUT2D eigenvalue weighted by atomic mass is 10.0. The molecule has 1 heterocycles. The number of thiophene rings is 1. The monoisotopic (exact) mass is 223 g/mol. The first-order chi connectivity index (χ1) is 7.81. The predicted molar refractivity (Wildman–Crippen MR) is 68.8 cm³/mol. The number of nitriles is 1. The van der Waals surface area contributed by atoms with E-state index in [0.717, 1.165) is 10.4 Å². The summed E-state index contributed by atoms with van der Waals surface area (Å²) in [6.45, 7) is 2.03. The maximum atomic E-state index is 9.05. The van der Waals surface area contributed by atoms with Crippen molar-refractivity contribution in [2.45, 2.75) is 6.92 Å². The van der Waals surface area contributed by atoms with Crippen LogP contribution in [0.2, 0.25) is 0 Å². The number of fused-ring (bicyclic) bond motifs is 3. The van der Waals surface area contributed by atoms with Crippen LogP contribution in [0.25, 0.3) is 20.9 Å². The van der Waals surface area contributed by atoms with Gasteiger partial charge in [-0.3, -0.25) is 0 Å². The van der Waals surface area contributed by atoms with Gasteiger partial charge in [-0.15, -0.1) is 11.3 Å². The minimum atomic E-state index is 0.825. The molecule has 0 aliphatic carbocycles. The van der Waals surface area contributed by atoms with Crippen molar-refractivity contribution in [3.05, 3.63) is 46.8 Å². The Morgan fingerprint density at radius 3 is 2.75 bits per heavy atom. The highest BCUT2D eigenvalue weighted by Crippen LogP contribution is 2.35. The summed E-state index contributed by atoms with van der Waals surface area (Å²) in [5.74, 6) is 0. The molecule has 0 saturated carbocycles. The first-order valence-electron chi connectivity index (χ1n) is 5.12. The smallest absolute Gasteiger partial charge is 0.110 e. The highest BCUT2D eigenvalue weighted by Gasteiger charge is 2.10. The Morgan fingerprint density at radius 1 is 1.12 bits per heavy atom. The van der Waals surface area contributed by atoms with E-state index in [-0.39, 0.29) is 0 Å². The molecule has 0 N–H and O–H groups in total. The third-order valence-electron chi connectivity index (χ3n) is 2.92. The van der Waals surface area contributed by atoms with Crippen LogP contribution in [0, 0.1) is 18.3 Å². The van der Waals surface area contributed by atoms with Crippen molar-refractivity contribution >= 4 is 32.2 Å². The molecule has 0 fully saturated rings. The summed E-state index contributed by atoms with van der Waals surface area (Å²) >= 11 is 1.58. The quantitative estimate of drug-likeness (QED) is 0.559. The Morgan fingerprint density at radius 2 is 1.94 bits per heavy atom. The van der Waals surface area contributed by atoms with Gasteiger partial charge in [-0.1, -0.05) is 30.3 Å². The van der Waals surface area contributed by atoms with E-state index in [9.17, 15) is 0 Å². The first kappa shape index (κ1) is 9.38. The second kappa shape index (κ2) is 3.33. The highest BCUT2D eigenvalue weighted by atomic mass is 32.1. The maximum absolute atomic E-state index is 9.05. The lowest BCUT2D eigenvalue weighted by Crippen LogP contribution is -1.76. The first-order valence-corrected chi connectivity index (χ1v) is 5.94. The van der Waals surface area contributed by atoms with Gasteiger partial charge < -0.3 is 0 Å². The summed E-state index contributed by atoms with van der Waals surface area (Å²) in [6, 6.07) is 14.8. The molecule has 0 aliphatic rings. The molecule has 0 bridgehead atoms. The molecule has 76 valence electrons. The fraction of sp³-hybridized carbons (Fsp3) is 0.0714. The largest absolute Gasteiger partial charge is 0.192 e. The van der Waals surface area contributed by atoms with Crippen molar-refractivity contribution in [3.63, 3.8) is 0 Å². The van der Waals surface area contributed by atoms with E-state index in [1.165, 1.54) is 20.9 Å². The van der Waals surface area contributed by atoms with Crippen molar-refractivity contribution in [2.24, 2.45) is 0 Å². The Kier molecular flexibility index (Phi) is 1.95. The summed E-state index contributed by atoms with van der Waals surface area (Å²) in [6.07, 6.45) is 0. The number of aryl methyl sites for hydroxylation is 1. The molecule has 2 aromatic carbocycles. The fourth-order valence-electron chi connectivity index (χ4n) is 2.13. The number of rotatable bonds is 0. The van der Waals surface area contributed by atoms with Crippen molar-refractivity contribution in [1.82, 2.24) is 0 Å². The van der Waals surface area contributed by atoms with Gasteiger partial charge >= 0.3 is 0 Å². The molecule has 0 atom stereocenters. The SMILES string of the molecule is Cc1c(C#N)sc2ccc3ccccc3c12. The number of hydrogen-bond acceptors (Lipinski definition) is 2. The second-order valence-corrected chi connectivity index (χ2v) is 4.88. The topological polar surface area (TPSA) is 23.8 Å². The molecule has 2 heteroatoms. The molecule has 1 aromatic heterocycles. The molecular formula is C14H9NS. The Labute approximate surface area is 97.6 Å². The normalized spacial score (nSPS) is 10.8. The zero-order valence-electron chi connectivity index (χ0n) is 8.82. The van der Waals surface area contributed by atoms with Crippen LogP contribution in [0.15, 0.2) is 36.4 Å². The number of nitrogens with zero attached hydrogens (tertiary/aromatic N) is 1. The molecule has 1 nitrogen and oxygen atoms in total. The average molecular weight is 223 g/mol. The summed E-state index contributed by atoms with van der Waals surface area (Å²) in [5, 5.41) is 12.8. The van der Waals surface area contributed by atoms with Gasteiger partial charge in [0.25, 0.3) is 0 Å². The Bertz CT molecular complexity index is 731. The van der Waals surface area contributed by atoms with Crippen molar-refractivity contribution in [1.29, 1.82) is 5.26 Å². The summed E-state index contributed by atoms with van der Waals surface area (Å²) in [7, 11) is 0. The van der Waals surface area contributed by atoms with Gasteiger partial charge in [0, 0.05) is 10.1 Å². The van der Waals surface area contributed by atoms with Gasteiger partial charge in [-0.25, -0.2) is 0 Å². The van der Waals surface area contributed by atoms with E-state index in [0.29, 0.717) is 0 Å². The summed E-state index contributed by atoms with van der Waals surface area (Å²) in [4.78, 5) is 0.825. The zero-order valence-corrected chi connectivity index (χ0v) is 9.64. The third kappa shape index (κ3) is 1.16. The van der Waals surface area contributed by atoms with Gasteiger partial charge in [-0.2, -0.15) is 5.26 Å². The van der Waals surface area contributed by atoms with Crippen LogP contribution in [0.3, 0.4) is 0 Å². The summed E-state index contributed by atoms with van der Waals surface area (Å²) in [5.41, 5.74) is 1.11. The van der Waals surface area contributed by atoms with Crippen molar-refractivity contribution < 1.29 is 0 Å². The molecule has 0 unspecified atom stereocenters. The molecule has 0 radical (unpaired) electrons.